The number of carbonyl (C=O) groups is 1. The van der Waals surface area contributed by atoms with Crippen LogP contribution in [0.5, 0.6) is 5.75 Å². The third kappa shape index (κ3) is 6.25. The van der Waals surface area contributed by atoms with Crippen LogP contribution in [0.25, 0.3) is 10.2 Å². The lowest BCUT2D eigenvalue weighted by Crippen LogP contribution is -2.50. The minimum atomic E-state index is -1.08. The van der Waals surface area contributed by atoms with Gasteiger partial charge in [0.05, 0.1) is 23.4 Å². The lowest BCUT2D eigenvalue weighted by molar-refractivity contribution is -0.131. The van der Waals surface area contributed by atoms with Gasteiger partial charge in [-0.15, -0.1) is 0 Å². The number of anilines is 1. The van der Waals surface area contributed by atoms with Crippen molar-refractivity contribution in [3.05, 3.63) is 52.0 Å². The molecule has 0 N–H and O–H groups in total. The van der Waals surface area contributed by atoms with Gasteiger partial charge in [-0.1, -0.05) is 38.9 Å². The average Bonchev–Trinajstić information content (AvgIpc) is 3.21. The number of ether oxygens (including phenoxy) is 2. The maximum absolute atomic E-state index is 13.8. The van der Waals surface area contributed by atoms with Gasteiger partial charge in [-0.05, 0) is 62.7 Å². The number of hydrogen-bond donors (Lipinski definition) is 0. The Bertz CT molecular complexity index is 1100. The summed E-state index contributed by atoms with van der Waals surface area (Å²) in [5.74, 6) is 0.469. The van der Waals surface area contributed by atoms with Gasteiger partial charge >= 0.3 is 0 Å². The molecule has 4 rings (SSSR count). The Balaban J connectivity index is 1.55. The van der Waals surface area contributed by atoms with Crippen molar-refractivity contribution in [3.63, 3.8) is 0 Å². The van der Waals surface area contributed by atoms with Crippen molar-refractivity contribution >= 4 is 60.1 Å². The van der Waals surface area contributed by atoms with Gasteiger partial charge in [0.15, 0.2) is 10.7 Å². The molecule has 0 saturated carbocycles. The number of benzene rings is 2. The second-order valence-electron chi connectivity index (χ2n) is 8.44. The van der Waals surface area contributed by atoms with Crippen LogP contribution in [0, 0.1) is 0 Å². The Labute approximate surface area is 211 Å². The maximum Gasteiger partial charge on any atom is 0.272 e. The fourth-order valence-electron chi connectivity index (χ4n) is 3.73. The van der Waals surface area contributed by atoms with Crippen LogP contribution in [0.15, 0.2) is 46.9 Å². The van der Waals surface area contributed by atoms with E-state index in [-0.39, 0.29) is 5.91 Å². The third-order valence-corrected chi connectivity index (χ3v) is 7.26. The molecule has 0 aliphatic carbocycles. The number of carbonyl (C=O) groups excluding carboxylic acids is 1. The summed E-state index contributed by atoms with van der Waals surface area (Å²) in [5, 5.41) is 1.31. The topological polar surface area (TPSA) is 54.9 Å². The molecule has 33 heavy (non-hydrogen) atoms. The molecule has 1 aromatic heterocycles. The van der Waals surface area contributed by atoms with E-state index in [1.165, 1.54) is 11.3 Å². The van der Waals surface area contributed by atoms with Gasteiger partial charge < -0.3 is 9.47 Å². The molecule has 1 fully saturated rings. The number of hydrogen-bond acceptors (Lipinski definition) is 6. The minimum absolute atomic E-state index is 0.127. The number of halogens is 2. The lowest BCUT2D eigenvalue weighted by atomic mass is 10.1. The van der Waals surface area contributed by atoms with E-state index in [2.05, 4.69) is 20.8 Å². The van der Waals surface area contributed by atoms with Crippen LogP contribution < -0.4 is 9.64 Å². The number of fused-ring (bicyclic) bond motifs is 1. The number of thiazole rings is 1. The molecule has 0 radical (unpaired) electrons. The summed E-state index contributed by atoms with van der Waals surface area (Å²) >= 11 is 11.0. The van der Waals surface area contributed by atoms with Crippen molar-refractivity contribution in [2.45, 2.75) is 25.9 Å². The summed E-state index contributed by atoms with van der Waals surface area (Å²) in [7, 11) is 0. The van der Waals surface area contributed by atoms with Gasteiger partial charge in [0.2, 0.25) is 0 Å². The molecular formula is C24H27BrClN3O3S. The smallest absolute Gasteiger partial charge is 0.272 e. The lowest BCUT2D eigenvalue weighted by Gasteiger charge is -2.32. The fraction of sp³-hybridized carbons (Fsp3) is 0.417. The third-order valence-electron chi connectivity index (χ3n) is 5.48. The Morgan fingerprint density at radius 1 is 1.24 bits per heavy atom. The Morgan fingerprint density at radius 3 is 2.70 bits per heavy atom. The molecule has 9 heteroatoms. The van der Waals surface area contributed by atoms with E-state index in [4.69, 9.17) is 26.1 Å². The van der Waals surface area contributed by atoms with E-state index >= 15 is 0 Å². The zero-order chi connectivity index (χ0) is 23.4. The quantitative estimate of drug-likeness (QED) is 0.363. The summed E-state index contributed by atoms with van der Waals surface area (Å²) in [6, 6.07) is 13.0. The summed E-state index contributed by atoms with van der Waals surface area (Å²) < 4.78 is 13.6. The highest BCUT2D eigenvalue weighted by Crippen LogP contribution is 2.33. The molecule has 0 atom stereocenters. The maximum atomic E-state index is 13.8. The highest BCUT2D eigenvalue weighted by Gasteiger charge is 2.36. The second-order valence-corrected chi connectivity index (χ2v) is 10.8. The molecule has 1 aliphatic heterocycles. The molecule has 1 amide bonds. The minimum Gasteiger partial charge on any atom is -0.478 e. The van der Waals surface area contributed by atoms with Crippen LogP contribution in [0.4, 0.5) is 5.13 Å². The van der Waals surface area contributed by atoms with E-state index in [0.717, 1.165) is 54.0 Å². The number of amides is 1. The molecule has 3 aromatic rings. The SMILES string of the molecule is CC(C)(Oc1ccc(Cl)cc1)C(=O)N(CCCN1CCOCC1)c1nc2ccc(Br)cc2s1. The predicted octanol–water partition coefficient (Wildman–Crippen LogP) is 5.63. The van der Waals surface area contributed by atoms with Crippen LogP contribution in [0.2, 0.25) is 5.02 Å². The first-order chi connectivity index (χ1) is 15.8. The molecule has 0 bridgehead atoms. The van der Waals surface area contributed by atoms with Crippen LogP contribution >= 0.6 is 38.9 Å². The normalized spacial score (nSPS) is 15.0. The Hall–Kier alpha value is -1.71. The summed E-state index contributed by atoms with van der Waals surface area (Å²) in [4.78, 5) is 22.7. The van der Waals surface area contributed by atoms with E-state index in [1.54, 1.807) is 43.0 Å². The molecule has 0 unspecified atom stereocenters. The number of nitrogens with zero attached hydrogens (tertiary/aromatic N) is 3. The van der Waals surface area contributed by atoms with E-state index in [1.807, 2.05) is 18.2 Å². The standard InChI is InChI=1S/C24H27BrClN3O3S/c1-24(2,32-19-7-5-18(26)6-8-19)22(30)29(11-3-10-28-12-14-31-15-13-28)23-27-20-9-4-17(25)16-21(20)33-23/h4-9,16H,3,10-15H2,1-2H3. The first-order valence-corrected chi connectivity index (χ1v) is 12.9. The van der Waals surface area contributed by atoms with Gasteiger partial charge in [0, 0.05) is 35.7 Å². The van der Waals surface area contributed by atoms with Crippen molar-refractivity contribution in [1.29, 1.82) is 0 Å². The van der Waals surface area contributed by atoms with E-state index in [0.29, 0.717) is 22.4 Å². The molecule has 1 saturated heterocycles. The fourth-order valence-corrected chi connectivity index (χ4v) is 5.40. The highest BCUT2D eigenvalue weighted by atomic mass is 79.9. The monoisotopic (exact) mass is 551 g/mol. The van der Waals surface area contributed by atoms with Crippen LogP contribution in [0.3, 0.4) is 0 Å². The molecular weight excluding hydrogens is 526 g/mol. The molecule has 2 aromatic carbocycles. The molecule has 6 nitrogen and oxygen atoms in total. The van der Waals surface area contributed by atoms with Gasteiger partial charge in [-0.3, -0.25) is 14.6 Å². The van der Waals surface area contributed by atoms with Crippen LogP contribution in [-0.4, -0.2) is 60.8 Å². The van der Waals surface area contributed by atoms with Gasteiger partial charge in [0.1, 0.15) is 5.75 Å². The zero-order valence-corrected chi connectivity index (χ0v) is 21.9. The summed E-state index contributed by atoms with van der Waals surface area (Å²) in [6.45, 7) is 8.43. The van der Waals surface area contributed by atoms with Crippen molar-refractivity contribution in [1.82, 2.24) is 9.88 Å². The molecule has 2 heterocycles. The van der Waals surface area contributed by atoms with E-state index < -0.39 is 5.60 Å². The van der Waals surface area contributed by atoms with E-state index in [9.17, 15) is 4.79 Å². The first kappa shape index (κ1) is 24.4. The Kier molecular flexibility index (Phi) is 7.91. The van der Waals surface area contributed by atoms with Crippen molar-refractivity contribution in [2.75, 3.05) is 44.3 Å². The van der Waals surface area contributed by atoms with Gasteiger partial charge in [-0.25, -0.2) is 4.98 Å². The molecule has 1 aliphatic rings. The molecule has 0 spiro atoms. The second kappa shape index (κ2) is 10.7. The van der Waals surface area contributed by atoms with Crippen molar-refractivity contribution in [2.24, 2.45) is 0 Å². The average molecular weight is 553 g/mol. The van der Waals surface area contributed by atoms with Crippen molar-refractivity contribution in [3.8, 4) is 5.75 Å². The highest BCUT2D eigenvalue weighted by molar-refractivity contribution is 9.10. The summed E-state index contributed by atoms with van der Waals surface area (Å²) in [5.41, 5.74) is -0.203. The van der Waals surface area contributed by atoms with Gasteiger partial charge in [0.25, 0.3) is 5.91 Å². The van der Waals surface area contributed by atoms with Gasteiger partial charge in [-0.2, -0.15) is 0 Å². The number of aromatic nitrogens is 1. The number of morpholine rings is 1. The first-order valence-electron chi connectivity index (χ1n) is 10.9. The zero-order valence-electron chi connectivity index (χ0n) is 18.7. The largest absolute Gasteiger partial charge is 0.478 e. The number of rotatable bonds is 8. The predicted molar refractivity (Wildman–Crippen MR) is 138 cm³/mol. The van der Waals surface area contributed by atoms with Crippen LogP contribution in [0.1, 0.15) is 20.3 Å². The summed E-state index contributed by atoms with van der Waals surface area (Å²) in [6.07, 6.45) is 0.836. The van der Waals surface area contributed by atoms with Crippen molar-refractivity contribution < 1.29 is 14.3 Å². The molecule has 176 valence electrons. The Morgan fingerprint density at radius 2 is 1.97 bits per heavy atom. The van der Waals surface area contributed by atoms with Crippen LogP contribution in [-0.2, 0) is 9.53 Å².